The van der Waals surface area contributed by atoms with Crippen molar-refractivity contribution in [1.29, 1.82) is 0 Å². The Labute approximate surface area is 157 Å². The summed E-state index contributed by atoms with van der Waals surface area (Å²) in [6.45, 7) is 0.957. The third-order valence-corrected chi connectivity index (χ3v) is 6.26. The third kappa shape index (κ3) is 4.32. The molecule has 1 heterocycles. The van der Waals surface area contributed by atoms with E-state index in [9.17, 15) is 23.3 Å². The van der Waals surface area contributed by atoms with E-state index in [1.54, 1.807) is 0 Å². The van der Waals surface area contributed by atoms with Crippen LogP contribution in [-0.2, 0) is 10.0 Å². The molecule has 1 saturated heterocycles. The number of carbonyl (C=O) groups excluding carboxylic acids is 1. The van der Waals surface area contributed by atoms with Crippen molar-refractivity contribution >= 4 is 27.3 Å². The molecular formula is C18H19N3O5S. The van der Waals surface area contributed by atoms with E-state index in [-0.39, 0.29) is 21.8 Å². The number of sulfonamides is 1. The van der Waals surface area contributed by atoms with Gasteiger partial charge in [0.25, 0.3) is 11.6 Å². The highest BCUT2D eigenvalue weighted by molar-refractivity contribution is 7.89. The second kappa shape index (κ2) is 7.85. The summed E-state index contributed by atoms with van der Waals surface area (Å²) in [4.78, 5) is 22.8. The molecule has 0 spiro atoms. The number of nitro groups is 1. The molecule has 1 N–H and O–H groups in total. The number of carbonyl (C=O) groups is 1. The van der Waals surface area contributed by atoms with E-state index in [4.69, 9.17) is 0 Å². The number of hydrogen-bond donors (Lipinski definition) is 1. The van der Waals surface area contributed by atoms with E-state index in [2.05, 4.69) is 5.32 Å². The Hall–Kier alpha value is -2.78. The van der Waals surface area contributed by atoms with E-state index in [1.165, 1.54) is 52.8 Å². The zero-order chi connectivity index (χ0) is 19.4. The smallest absolute Gasteiger partial charge is 0.271 e. The van der Waals surface area contributed by atoms with Gasteiger partial charge >= 0.3 is 0 Å². The number of piperidine rings is 1. The van der Waals surface area contributed by atoms with Crippen molar-refractivity contribution < 1.29 is 18.1 Å². The quantitative estimate of drug-likeness (QED) is 0.624. The molecular weight excluding hydrogens is 370 g/mol. The minimum Gasteiger partial charge on any atom is -0.322 e. The van der Waals surface area contributed by atoms with Gasteiger partial charge in [-0.2, -0.15) is 4.31 Å². The third-order valence-electron chi connectivity index (χ3n) is 4.36. The Morgan fingerprint density at radius 3 is 2.44 bits per heavy atom. The number of benzene rings is 2. The first-order valence-corrected chi connectivity index (χ1v) is 9.98. The van der Waals surface area contributed by atoms with E-state index in [1.807, 2.05) is 0 Å². The topological polar surface area (TPSA) is 110 Å². The first kappa shape index (κ1) is 19.0. The van der Waals surface area contributed by atoms with Crippen LogP contribution in [-0.4, -0.2) is 36.6 Å². The Balaban J connectivity index is 1.81. The Morgan fingerprint density at radius 2 is 1.74 bits per heavy atom. The number of amides is 1. The summed E-state index contributed by atoms with van der Waals surface area (Å²) in [5.74, 6) is -0.536. The molecule has 0 bridgehead atoms. The summed E-state index contributed by atoms with van der Waals surface area (Å²) >= 11 is 0. The average molecular weight is 389 g/mol. The molecule has 142 valence electrons. The standard InChI is InChI=1S/C18H19N3O5S/c22-18(19-15-7-5-8-16(13-15)21(23)24)14-6-4-9-17(12-14)27(25,26)20-10-2-1-3-11-20/h4-9,12-13H,1-3,10-11H2,(H,19,22). The van der Waals surface area contributed by atoms with Crippen molar-refractivity contribution in [3.63, 3.8) is 0 Å². The van der Waals surface area contributed by atoms with E-state index >= 15 is 0 Å². The van der Waals surface area contributed by atoms with Crippen LogP contribution in [0.5, 0.6) is 0 Å². The monoisotopic (exact) mass is 389 g/mol. The highest BCUT2D eigenvalue weighted by Crippen LogP contribution is 2.22. The van der Waals surface area contributed by atoms with Crippen molar-refractivity contribution in [2.24, 2.45) is 0 Å². The normalized spacial score (nSPS) is 15.3. The Morgan fingerprint density at radius 1 is 1.04 bits per heavy atom. The fourth-order valence-electron chi connectivity index (χ4n) is 2.95. The van der Waals surface area contributed by atoms with Crippen LogP contribution in [0.4, 0.5) is 11.4 Å². The number of hydrogen-bond acceptors (Lipinski definition) is 5. The molecule has 0 atom stereocenters. The van der Waals surface area contributed by atoms with E-state index in [0.717, 1.165) is 19.3 Å². The predicted octanol–water partition coefficient (Wildman–Crippen LogP) is 3.02. The summed E-state index contributed by atoms with van der Waals surface area (Å²) < 4.78 is 27.0. The van der Waals surface area contributed by atoms with Gasteiger partial charge in [0, 0.05) is 36.5 Å². The van der Waals surface area contributed by atoms with E-state index in [0.29, 0.717) is 13.1 Å². The van der Waals surface area contributed by atoms with Crippen molar-refractivity contribution in [2.45, 2.75) is 24.2 Å². The molecule has 2 aromatic carbocycles. The number of nitrogens with one attached hydrogen (secondary N) is 1. The molecule has 1 aliphatic rings. The fraction of sp³-hybridized carbons (Fsp3) is 0.278. The minimum atomic E-state index is -3.64. The molecule has 0 unspecified atom stereocenters. The maximum Gasteiger partial charge on any atom is 0.271 e. The number of anilines is 1. The number of non-ortho nitro benzene ring substituents is 1. The van der Waals surface area contributed by atoms with Gasteiger partial charge in [-0.05, 0) is 37.1 Å². The summed E-state index contributed by atoms with van der Waals surface area (Å²) in [6.07, 6.45) is 2.66. The number of nitrogens with zero attached hydrogens (tertiary/aromatic N) is 2. The second-order valence-corrected chi connectivity index (χ2v) is 8.19. The van der Waals surface area contributed by atoms with Crippen LogP contribution in [0.2, 0.25) is 0 Å². The lowest BCUT2D eigenvalue weighted by Gasteiger charge is -2.26. The molecule has 9 heteroatoms. The molecule has 8 nitrogen and oxygen atoms in total. The predicted molar refractivity (Wildman–Crippen MR) is 100 cm³/mol. The van der Waals surface area contributed by atoms with Gasteiger partial charge in [0.1, 0.15) is 0 Å². The van der Waals surface area contributed by atoms with Crippen molar-refractivity contribution in [1.82, 2.24) is 4.31 Å². The van der Waals surface area contributed by atoms with Crippen molar-refractivity contribution in [3.8, 4) is 0 Å². The lowest BCUT2D eigenvalue weighted by atomic mass is 10.2. The van der Waals surface area contributed by atoms with Gasteiger partial charge in [-0.15, -0.1) is 0 Å². The van der Waals surface area contributed by atoms with Crippen LogP contribution in [0.1, 0.15) is 29.6 Å². The highest BCUT2D eigenvalue weighted by atomic mass is 32.2. The minimum absolute atomic E-state index is 0.0658. The van der Waals surface area contributed by atoms with Gasteiger partial charge in [0.05, 0.1) is 9.82 Å². The van der Waals surface area contributed by atoms with Crippen LogP contribution in [0.25, 0.3) is 0 Å². The SMILES string of the molecule is O=C(Nc1cccc([N+](=O)[O-])c1)c1cccc(S(=O)(=O)N2CCCCC2)c1. The van der Waals surface area contributed by atoms with Crippen LogP contribution < -0.4 is 5.32 Å². The van der Waals surface area contributed by atoms with Crippen LogP contribution in [0.3, 0.4) is 0 Å². The molecule has 1 amide bonds. The maximum atomic E-state index is 12.8. The Bertz CT molecular complexity index is 968. The molecule has 27 heavy (non-hydrogen) atoms. The Kier molecular flexibility index (Phi) is 5.52. The maximum absolute atomic E-state index is 12.8. The van der Waals surface area contributed by atoms with E-state index < -0.39 is 20.9 Å². The summed E-state index contributed by atoms with van der Waals surface area (Å²) in [7, 11) is -3.64. The largest absolute Gasteiger partial charge is 0.322 e. The summed E-state index contributed by atoms with van der Waals surface area (Å²) in [5, 5.41) is 13.4. The molecule has 0 aliphatic carbocycles. The molecule has 1 fully saturated rings. The fourth-order valence-corrected chi connectivity index (χ4v) is 4.52. The first-order chi connectivity index (χ1) is 12.9. The molecule has 3 rings (SSSR count). The summed E-state index contributed by atoms with van der Waals surface area (Å²) in [6, 6.07) is 11.4. The first-order valence-electron chi connectivity index (χ1n) is 8.54. The molecule has 0 radical (unpaired) electrons. The van der Waals surface area contributed by atoms with Crippen LogP contribution >= 0.6 is 0 Å². The van der Waals surface area contributed by atoms with Gasteiger partial charge in [-0.25, -0.2) is 8.42 Å². The zero-order valence-corrected chi connectivity index (χ0v) is 15.3. The van der Waals surface area contributed by atoms with Gasteiger partial charge < -0.3 is 5.32 Å². The van der Waals surface area contributed by atoms with Crippen molar-refractivity contribution in [3.05, 3.63) is 64.2 Å². The zero-order valence-electron chi connectivity index (χ0n) is 14.5. The lowest BCUT2D eigenvalue weighted by molar-refractivity contribution is -0.384. The van der Waals surface area contributed by atoms with Gasteiger partial charge in [0.2, 0.25) is 10.0 Å². The number of rotatable bonds is 5. The van der Waals surface area contributed by atoms with Gasteiger partial charge in [0.15, 0.2) is 0 Å². The van der Waals surface area contributed by atoms with Gasteiger partial charge in [-0.3, -0.25) is 14.9 Å². The molecule has 2 aromatic rings. The highest BCUT2D eigenvalue weighted by Gasteiger charge is 2.26. The average Bonchev–Trinajstić information content (AvgIpc) is 2.69. The van der Waals surface area contributed by atoms with Gasteiger partial charge in [-0.1, -0.05) is 18.6 Å². The summed E-state index contributed by atoms with van der Waals surface area (Å²) in [5.41, 5.74) is 0.285. The molecule has 0 saturated carbocycles. The second-order valence-electron chi connectivity index (χ2n) is 6.25. The molecule has 1 aliphatic heterocycles. The van der Waals surface area contributed by atoms with Crippen molar-refractivity contribution in [2.75, 3.05) is 18.4 Å². The van der Waals surface area contributed by atoms with Crippen LogP contribution in [0, 0.1) is 10.1 Å². The lowest BCUT2D eigenvalue weighted by Crippen LogP contribution is -2.35. The molecule has 0 aromatic heterocycles. The van der Waals surface area contributed by atoms with Crippen LogP contribution in [0.15, 0.2) is 53.4 Å². The number of nitro benzene ring substituents is 1.